The third-order valence-corrected chi connectivity index (χ3v) is 12.9. The van der Waals surface area contributed by atoms with E-state index in [0.717, 1.165) is 51.1 Å². The van der Waals surface area contributed by atoms with Crippen LogP contribution < -0.4 is 5.32 Å². The molecule has 2 unspecified atom stereocenters. The molecule has 0 spiro atoms. The number of benzene rings is 8. The predicted octanol–water partition coefficient (Wildman–Crippen LogP) is 13.7. The normalized spacial score (nSPS) is 17.5. The number of furan rings is 1. The lowest BCUT2D eigenvalue weighted by Gasteiger charge is -2.30. The number of hydrogen-bond acceptors (Lipinski definition) is 3. The molecule has 0 saturated heterocycles. The second-order valence-electron chi connectivity index (χ2n) is 16.3. The van der Waals surface area contributed by atoms with E-state index in [2.05, 4.69) is 187 Å². The van der Waals surface area contributed by atoms with E-state index in [-0.39, 0.29) is 6.04 Å². The molecule has 3 aliphatic rings. The number of nitrogens with zero attached hydrogens (tertiary/aromatic N) is 2. The van der Waals surface area contributed by atoms with E-state index in [0.29, 0.717) is 5.92 Å². The minimum absolute atomic E-state index is 0.0188. The maximum Gasteiger partial charge on any atom is 0.209 e. The highest BCUT2D eigenvalue weighted by molar-refractivity contribution is 6.35. The number of aromatic nitrogens is 1. The first kappa shape index (κ1) is 32.6. The van der Waals surface area contributed by atoms with E-state index in [1.165, 1.54) is 76.4 Å². The van der Waals surface area contributed by atoms with Crippen LogP contribution in [0.15, 0.2) is 185 Å². The summed E-state index contributed by atoms with van der Waals surface area (Å²) >= 11 is 0. The van der Waals surface area contributed by atoms with E-state index in [1.54, 1.807) is 0 Å². The Labute approximate surface area is 340 Å². The fourth-order valence-corrected chi connectivity index (χ4v) is 10.3. The van der Waals surface area contributed by atoms with Crippen LogP contribution in [0.1, 0.15) is 23.7 Å². The van der Waals surface area contributed by atoms with Gasteiger partial charge in [0.25, 0.3) is 0 Å². The molecule has 0 fully saturated rings. The van der Waals surface area contributed by atoms with Crippen molar-refractivity contribution in [3.05, 3.63) is 192 Å². The Kier molecular flexibility index (Phi) is 6.80. The van der Waals surface area contributed by atoms with Crippen molar-refractivity contribution in [2.75, 3.05) is 0 Å². The summed E-state index contributed by atoms with van der Waals surface area (Å²) in [7, 11) is 0. The van der Waals surface area contributed by atoms with E-state index >= 15 is 0 Å². The Morgan fingerprint density at radius 3 is 2.27 bits per heavy atom. The second kappa shape index (κ2) is 12.3. The summed E-state index contributed by atoms with van der Waals surface area (Å²) < 4.78 is 9.15. The van der Waals surface area contributed by atoms with Gasteiger partial charge in [-0.1, -0.05) is 165 Å². The van der Waals surface area contributed by atoms with Gasteiger partial charge in [0.15, 0.2) is 0 Å². The highest BCUT2D eigenvalue weighted by Crippen LogP contribution is 2.48. The third-order valence-electron chi connectivity index (χ3n) is 12.9. The molecule has 0 amide bonds. The average Bonchev–Trinajstić information content (AvgIpc) is 3.84. The zero-order valence-electron chi connectivity index (χ0n) is 32.4. The van der Waals surface area contributed by atoms with Crippen LogP contribution in [0.2, 0.25) is 0 Å². The molecule has 13 rings (SSSR count). The van der Waals surface area contributed by atoms with Crippen molar-refractivity contribution in [3.63, 3.8) is 0 Å². The van der Waals surface area contributed by atoms with Crippen molar-refractivity contribution in [1.29, 1.82) is 0 Å². The van der Waals surface area contributed by atoms with Gasteiger partial charge < -0.3 is 9.73 Å². The molecule has 8 aromatic carbocycles. The topological polar surface area (TPSA) is 42.5 Å². The Hall–Kier alpha value is -7.43. The number of allylic oxidation sites excluding steroid dienone is 3. The summed E-state index contributed by atoms with van der Waals surface area (Å²) in [5, 5.41) is 17.3. The van der Waals surface area contributed by atoms with Crippen molar-refractivity contribution in [2.45, 2.75) is 19.4 Å². The number of hydrogen-bond donors (Lipinski definition) is 1. The van der Waals surface area contributed by atoms with Crippen LogP contribution in [-0.2, 0) is 6.42 Å². The van der Waals surface area contributed by atoms with Crippen molar-refractivity contribution in [3.8, 4) is 11.1 Å². The van der Waals surface area contributed by atoms with Crippen LogP contribution in [0.4, 0.5) is 0 Å². The molecule has 0 saturated carbocycles. The first-order valence-corrected chi connectivity index (χ1v) is 20.6. The van der Waals surface area contributed by atoms with E-state index in [9.17, 15) is 0 Å². The minimum atomic E-state index is -0.0188. The highest BCUT2D eigenvalue weighted by Gasteiger charge is 2.31. The van der Waals surface area contributed by atoms with Gasteiger partial charge in [0.2, 0.25) is 5.96 Å². The lowest BCUT2D eigenvalue weighted by atomic mass is 9.86. The van der Waals surface area contributed by atoms with Crippen LogP contribution in [0, 0.1) is 5.92 Å². The summed E-state index contributed by atoms with van der Waals surface area (Å²) in [5.74, 6) is 1.24. The Bertz CT molecular complexity index is 3640. The summed E-state index contributed by atoms with van der Waals surface area (Å²) in [5.41, 5.74) is 11.2. The molecule has 1 N–H and O–H groups in total. The SMILES string of the molecule is CC1C=Cc2c(n(C3=NC(c4ccc5ccccc5c4)=C4C=CC=CC4N3)c3c4ccccc4c4cc(-c5cccc6c5oc5ccccc56)c5ccccc5c4c23)C1. The average molecular weight is 756 g/mol. The molecular formula is C55H37N3O. The number of rotatable bonds is 2. The maximum absolute atomic E-state index is 6.67. The highest BCUT2D eigenvalue weighted by atomic mass is 16.3. The largest absolute Gasteiger partial charge is 0.455 e. The monoisotopic (exact) mass is 755 g/mol. The summed E-state index contributed by atoms with van der Waals surface area (Å²) in [6.07, 6.45) is 14.4. The molecule has 2 aromatic heterocycles. The van der Waals surface area contributed by atoms with Crippen LogP contribution in [0.5, 0.6) is 0 Å². The molecule has 10 aromatic rings. The summed E-state index contributed by atoms with van der Waals surface area (Å²) in [6.45, 7) is 2.32. The van der Waals surface area contributed by atoms with Crippen molar-refractivity contribution in [2.24, 2.45) is 10.9 Å². The molecule has 1 aliphatic heterocycles. The Morgan fingerprint density at radius 2 is 1.37 bits per heavy atom. The van der Waals surface area contributed by atoms with Gasteiger partial charge in [-0.2, -0.15) is 0 Å². The molecule has 0 radical (unpaired) electrons. The third kappa shape index (κ3) is 4.69. The zero-order chi connectivity index (χ0) is 38.8. The molecule has 4 heteroatoms. The van der Waals surface area contributed by atoms with Gasteiger partial charge in [-0.15, -0.1) is 0 Å². The molecule has 278 valence electrons. The molecule has 2 atom stereocenters. The van der Waals surface area contributed by atoms with Gasteiger partial charge in [-0.05, 0) is 68.4 Å². The Morgan fingerprint density at radius 1 is 0.610 bits per heavy atom. The van der Waals surface area contributed by atoms with E-state index in [4.69, 9.17) is 9.41 Å². The molecule has 4 nitrogen and oxygen atoms in total. The lowest BCUT2D eigenvalue weighted by Crippen LogP contribution is -2.42. The summed E-state index contributed by atoms with van der Waals surface area (Å²) in [4.78, 5) is 5.65. The van der Waals surface area contributed by atoms with Crippen LogP contribution in [0.3, 0.4) is 0 Å². The van der Waals surface area contributed by atoms with Crippen molar-refractivity contribution in [1.82, 2.24) is 9.88 Å². The number of fused-ring (bicyclic) bond motifs is 15. The zero-order valence-corrected chi connectivity index (χ0v) is 32.4. The first-order chi connectivity index (χ1) is 29.2. The minimum Gasteiger partial charge on any atom is -0.455 e. The first-order valence-electron chi connectivity index (χ1n) is 20.6. The van der Waals surface area contributed by atoms with E-state index < -0.39 is 0 Å². The molecule has 59 heavy (non-hydrogen) atoms. The quantitative estimate of drug-likeness (QED) is 0.179. The number of aliphatic imine (C=N–C) groups is 1. The second-order valence-corrected chi connectivity index (χ2v) is 16.3. The van der Waals surface area contributed by atoms with Gasteiger partial charge in [-0.3, -0.25) is 4.57 Å². The predicted molar refractivity (Wildman–Crippen MR) is 248 cm³/mol. The van der Waals surface area contributed by atoms with Gasteiger partial charge in [0.1, 0.15) is 11.2 Å². The fourth-order valence-electron chi connectivity index (χ4n) is 10.3. The molecular weight excluding hydrogens is 719 g/mol. The smallest absolute Gasteiger partial charge is 0.209 e. The molecule has 0 bridgehead atoms. The Balaban J connectivity index is 1.15. The van der Waals surface area contributed by atoms with E-state index in [1.807, 2.05) is 6.07 Å². The standard InChI is InChI=1S/C55H37N3O/c1-32-25-28-44-48(29-32)58(55-56-47-23-10-8-20-43(47)52(57-55)35-27-26-33-13-2-3-14-34(33)30-35)53-40-19-7-5-16-37(40)46-31-45(36-15-4-6-18-39(36)50(46)51(44)53)42-22-12-21-41-38-17-9-11-24-49(38)59-54(41)42/h2-28,30-32,47H,29H2,1H3,(H,56,57). The van der Waals surface area contributed by atoms with Crippen molar-refractivity contribution < 1.29 is 4.42 Å². The number of para-hydroxylation sites is 2. The molecule has 2 aliphatic carbocycles. The number of nitrogens with one attached hydrogen (secondary N) is 1. The molecule has 3 heterocycles. The van der Waals surface area contributed by atoms with Crippen molar-refractivity contribution >= 4 is 93.7 Å². The van der Waals surface area contributed by atoms with Gasteiger partial charge in [-0.25, -0.2) is 4.99 Å². The van der Waals surface area contributed by atoms with Crippen LogP contribution in [0.25, 0.3) is 98.8 Å². The summed E-state index contributed by atoms with van der Waals surface area (Å²) in [6, 6.07) is 50.6. The van der Waals surface area contributed by atoms with Gasteiger partial charge >= 0.3 is 0 Å². The van der Waals surface area contributed by atoms with Crippen LogP contribution in [-0.4, -0.2) is 16.6 Å². The van der Waals surface area contributed by atoms with Crippen LogP contribution >= 0.6 is 0 Å². The van der Waals surface area contributed by atoms with Gasteiger partial charge in [0, 0.05) is 54.9 Å². The fraction of sp³-hybridized carbons (Fsp3) is 0.0727. The maximum atomic E-state index is 6.67. The van der Waals surface area contributed by atoms with Gasteiger partial charge in [0.05, 0.1) is 17.3 Å². The lowest BCUT2D eigenvalue weighted by molar-refractivity contribution is 0.670.